The van der Waals surface area contributed by atoms with Gasteiger partial charge in [0.1, 0.15) is 17.4 Å². The van der Waals surface area contributed by atoms with E-state index in [1.165, 1.54) is 24.2 Å². The fourth-order valence-electron chi connectivity index (χ4n) is 4.09. The topological polar surface area (TPSA) is 111 Å². The van der Waals surface area contributed by atoms with Crippen molar-refractivity contribution < 1.29 is 14.3 Å². The zero-order chi connectivity index (χ0) is 22.8. The minimum absolute atomic E-state index is 0.0909. The van der Waals surface area contributed by atoms with E-state index in [2.05, 4.69) is 37.9 Å². The van der Waals surface area contributed by atoms with Crippen LogP contribution in [0.25, 0.3) is 10.4 Å². The molecule has 31 heavy (non-hydrogen) atoms. The highest BCUT2D eigenvalue weighted by Crippen LogP contribution is 2.43. The number of amides is 3. The number of hydrogen-bond acceptors (Lipinski definition) is 5. The Labute approximate surface area is 187 Å². The number of para-hydroxylation sites is 1. The molecule has 3 rings (SSSR count). The monoisotopic (exact) mass is 444 g/mol. The Morgan fingerprint density at radius 2 is 1.90 bits per heavy atom. The average molecular weight is 445 g/mol. The molecule has 1 aliphatic heterocycles. The number of urea groups is 1. The molecular weight excluding hydrogens is 412 g/mol. The number of anilines is 1. The Bertz CT molecular complexity index is 967. The number of hydrogen-bond donors (Lipinski definition) is 3. The largest absolute Gasteiger partial charge is 0.492 e. The standard InChI is InChI=1S/C23H32N4O3S/c1-22(2)10-7-11-27(23(22,3)4)12-13-30-17-9-6-5-8-15(17)18-14-16(19(24)28)20(31-18)26-21(25)29/h5-6,8-9,14H,7,10-13H2,1-4H3,(H2,24,28)(H3,25,26,29). The van der Waals surface area contributed by atoms with Crippen LogP contribution >= 0.6 is 11.3 Å². The SMILES string of the molecule is CC1(C)CCCN(CCOc2ccccc2-c2cc(C(N)=O)c(NC(N)=O)s2)C1(C)C. The number of carbonyl (C=O) groups excluding carboxylic acids is 2. The molecule has 0 aliphatic carbocycles. The highest BCUT2D eigenvalue weighted by Gasteiger charge is 2.43. The van der Waals surface area contributed by atoms with E-state index in [1.807, 2.05) is 24.3 Å². The number of ether oxygens (including phenoxy) is 1. The van der Waals surface area contributed by atoms with Crippen molar-refractivity contribution in [1.82, 2.24) is 4.90 Å². The van der Waals surface area contributed by atoms with Crippen LogP contribution in [-0.4, -0.2) is 42.1 Å². The molecule has 0 bridgehead atoms. The third-order valence-electron chi connectivity index (χ3n) is 6.68. The van der Waals surface area contributed by atoms with Gasteiger partial charge in [0.25, 0.3) is 5.91 Å². The van der Waals surface area contributed by atoms with Crippen LogP contribution in [0.3, 0.4) is 0 Å². The lowest BCUT2D eigenvalue weighted by molar-refractivity contribution is -0.0358. The number of likely N-dealkylation sites (tertiary alicyclic amines) is 1. The Morgan fingerprint density at radius 3 is 2.58 bits per heavy atom. The second-order valence-corrected chi connectivity index (χ2v) is 10.1. The molecule has 1 aromatic carbocycles. The van der Waals surface area contributed by atoms with Crippen molar-refractivity contribution in [3.8, 4) is 16.2 Å². The number of rotatable bonds is 7. The molecule has 2 heterocycles. The summed E-state index contributed by atoms with van der Waals surface area (Å²) in [7, 11) is 0. The minimum Gasteiger partial charge on any atom is -0.492 e. The van der Waals surface area contributed by atoms with Gasteiger partial charge in [-0.15, -0.1) is 11.3 Å². The number of nitrogens with one attached hydrogen (secondary N) is 1. The van der Waals surface area contributed by atoms with Crippen molar-refractivity contribution >= 4 is 28.3 Å². The van der Waals surface area contributed by atoms with Gasteiger partial charge in [0.2, 0.25) is 0 Å². The zero-order valence-corrected chi connectivity index (χ0v) is 19.5. The van der Waals surface area contributed by atoms with E-state index in [0.717, 1.165) is 29.3 Å². The highest BCUT2D eigenvalue weighted by atomic mass is 32.1. The van der Waals surface area contributed by atoms with Crippen molar-refractivity contribution in [2.75, 3.05) is 25.0 Å². The van der Waals surface area contributed by atoms with Gasteiger partial charge in [-0.2, -0.15) is 0 Å². The van der Waals surface area contributed by atoms with Crippen LogP contribution in [0.1, 0.15) is 50.9 Å². The lowest BCUT2D eigenvalue weighted by atomic mass is 9.68. The fourth-order valence-corrected chi connectivity index (χ4v) is 5.19. The summed E-state index contributed by atoms with van der Waals surface area (Å²) in [6.45, 7) is 11.7. The molecule has 1 aliphatic rings. The van der Waals surface area contributed by atoms with Gasteiger partial charge < -0.3 is 16.2 Å². The first-order valence-electron chi connectivity index (χ1n) is 10.5. The number of nitrogens with zero attached hydrogens (tertiary/aromatic N) is 1. The third-order valence-corrected chi connectivity index (χ3v) is 7.77. The molecule has 1 saturated heterocycles. The van der Waals surface area contributed by atoms with E-state index in [9.17, 15) is 9.59 Å². The van der Waals surface area contributed by atoms with Crippen molar-refractivity contribution in [1.29, 1.82) is 0 Å². The molecule has 7 nitrogen and oxygen atoms in total. The normalized spacial score (nSPS) is 17.8. The van der Waals surface area contributed by atoms with Crippen molar-refractivity contribution in [2.45, 2.75) is 46.1 Å². The van der Waals surface area contributed by atoms with Crippen LogP contribution in [0, 0.1) is 5.41 Å². The number of carbonyl (C=O) groups is 2. The van der Waals surface area contributed by atoms with Crippen molar-refractivity contribution in [3.05, 3.63) is 35.9 Å². The summed E-state index contributed by atoms with van der Waals surface area (Å²) in [5.74, 6) is 0.0964. The fraction of sp³-hybridized carbons (Fsp3) is 0.478. The lowest BCUT2D eigenvalue weighted by Gasteiger charge is -2.53. The summed E-state index contributed by atoms with van der Waals surface area (Å²) < 4.78 is 6.18. The Morgan fingerprint density at radius 1 is 1.19 bits per heavy atom. The predicted octanol–water partition coefficient (Wildman–Crippen LogP) is 4.28. The van der Waals surface area contributed by atoms with E-state index in [0.29, 0.717) is 11.6 Å². The quantitative estimate of drug-likeness (QED) is 0.592. The van der Waals surface area contributed by atoms with Crippen LogP contribution in [0.5, 0.6) is 5.75 Å². The number of nitrogens with two attached hydrogens (primary N) is 2. The Kier molecular flexibility index (Phi) is 6.62. The Hall–Kier alpha value is -2.58. The van der Waals surface area contributed by atoms with E-state index >= 15 is 0 Å². The molecule has 2 aromatic rings. The molecule has 0 spiro atoms. The summed E-state index contributed by atoms with van der Waals surface area (Å²) in [4.78, 5) is 26.4. The molecule has 168 valence electrons. The first-order valence-corrected chi connectivity index (χ1v) is 11.3. The van der Waals surface area contributed by atoms with Crippen LogP contribution in [-0.2, 0) is 0 Å². The number of thiophene rings is 1. The van der Waals surface area contributed by atoms with Gasteiger partial charge in [0, 0.05) is 22.5 Å². The maximum atomic E-state index is 11.8. The number of primary amides is 2. The second kappa shape index (κ2) is 8.88. The first kappa shape index (κ1) is 23.1. The van der Waals surface area contributed by atoms with Crippen LogP contribution in [0.15, 0.2) is 30.3 Å². The maximum absolute atomic E-state index is 11.8. The average Bonchev–Trinajstić information content (AvgIpc) is 3.09. The highest BCUT2D eigenvalue weighted by molar-refractivity contribution is 7.20. The zero-order valence-electron chi connectivity index (χ0n) is 18.7. The summed E-state index contributed by atoms with van der Waals surface area (Å²) in [6, 6.07) is 8.57. The van der Waals surface area contributed by atoms with Gasteiger partial charge in [-0.1, -0.05) is 26.0 Å². The van der Waals surface area contributed by atoms with Crippen molar-refractivity contribution in [2.24, 2.45) is 16.9 Å². The van der Waals surface area contributed by atoms with Crippen LogP contribution in [0.2, 0.25) is 0 Å². The molecule has 8 heteroatoms. The van der Waals surface area contributed by atoms with Crippen LogP contribution in [0.4, 0.5) is 9.80 Å². The van der Waals surface area contributed by atoms with E-state index in [1.54, 1.807) is 6.07 Å². The van der Waals surface area contributed by atoms with Crippen LogP contribution < -0.4 is 21.5 Å². The molecular formula is C23H32N4O3S. The molecule has 0 unspecified atom stereocenters. The van der Waals surface area contributed by atoms with Gasteiger partial charge >= 0.3 is 6.03 Å². The van der Waals surface area contributed by atoms with Gasteiger partial charge in [0.15, 0.2) is 0 Å². The van der Waals surface area contributed by atoms with Gasteiger partial charge in [-0.3, -0.25) is 15.0 Å². The Balaban J connectivity index is 1.77. The first-order chi connectivity index (χ1) is 14.5. The molecule has 0 atom stereocenters. The summed E-state index contributed by atoms with van der Waals surface area (Å²) >= 11 is 1.24. The van der Waals surface area contributed by atoms with E-state index in [-0.39, 0.29) is 16.5 Å². The lowest BCUT2D eigenvalue weighted by Crippen LogP contribution is -2.58. The molecule has 3 amide bonds. The predicted molar refractivity (Wildman–Crippen MR) is 126 cm³/mol. The number of piperidine rings is 1. The smallest absolute Gasteiger partial charge is 0.317 e. The minimum atomic E-state index is -0.743. The summed E-state index contributed by atoms with van der Waals surface area (Å²) in [6.07, 6.45) is 2.41. The second-order valence-electron chi connectivity index (χ2n) is 9.09. The molecule has 1 fully saturated rings. The molecule has 5 N–H and O–H groups in total. The summed E-state index contributed by atoms with van der Waals surface area (Å²) in [5, 5.41) is 2.81. The van der Waals surface area contributed by atoms with Gasteiger partial charge in [0.05, 0.1) is 5.56 Å². The van der Waals surface area contributed by atoms with Gasteiger partial charge in [-0.25, -0.2) is 4.79 Å². The van der Waals surface area contributed by atoms with E-state index < -0.39 is 11.9 Å². The van der Waals surface area contributed by atoms with Gasteiger partial charge in [-0.05, 0) is 56.8 Å². The molecule has 0 radical (unpaired) electrons. The summed E-state index contributed by atoms with van der Waals surface area (Å²) in [5.41, 5.74) is 12.1. The maximum Gasteiger partial charge on any atom is 0.317 e. The number of benzene rings is 1. The molecule has 1 aromatic heterocycles. The molecule has 0 saturated carbocycles. The van der Waals surface area contributed by atoms with Crippen molar-refractivity contribution in [3.63, 3.8) is 0 Å². The van der Waals surface area contributed by atoms with E-state index in [4.69, 9.17) is 16.2 Å². The third kappa shape index (κ3) is 4.85.